The van der Waals surface area contributed by atoms with Crippen molar-refractivity contribution >= 4 is 17.6 Å². The SMILES string of the molecule is COC(=O)c1cc(CN)ccc1-c1ccc(Cl)cc1. The van der Waals surface area contributed by atoms with Gasteiger partial charge >= 0.3 is 5.97 Å². The van der Waals surface area contributed by atoms with Gasteiger partial charge in [-0.15, -0.1) is 0 Å². The van der Waals surface area contributed by atoms with E-state index >= 15 is 0 Å². The predicted octanol–water partition coefficient (Wildman–Crippen LogP) is 3.25. The number of nitrogens with two attached hydrogens (primary N) is 1. The van der Waals surface area contributed by atoms with Crippen LogP contribution in [-0.4, -0.2) is 13.1 Å². The maximum Gasteiger partial charge on any atom is 0.338 e. The van der Waals surface area contributed by atoms with E-state index in [2.05, 4.69) is 0 Å². The molecular weight excluding hydrogens is 262 g/mol. The molecule has 0 aromatic heterocycles. The van der Waals surface area contributed by atoms with Crippen molar-refractivity contribution in [3.63, 3.8) is 0 Å². The molecule has 0 spiro atoms. The van der Waals surface area contributed by atoms with E-state index in [0.29, 0.717) is 17.1 Å². The highest BCUT2D eigenvalue weighted by Crippen LogP contribution is 2.26. The van der Waals surface area contributed by atoms with Crippen LogP contribution in [0.5, 0.6) is 0 Å². The zero-order valence-corrected chi connectivity index (χ0v) is 11.3. The molecule has 0 aliphatic carbocycles. The summed E-state index contributed by atoms with van der Waals surface area (Å²) < 4.78 is 4.82. The number of hydrogen-bond acceptors (Lipinski definition) is 3. The molecule has 4 heteroatoms. The predicted molar refractivity (Wildman–Crippen MR) is 76.1 cm³/mol. The summed E-state index contributed by atoms with van der Waals surface area (Å²) in [4.78, 5) is 11.9. The summed E-state index contributed by atoms with van der Waals surface area (Å²) in [6.07, 6.45) is 0. The monoisotopic (exact) mass is 275 g/mol. The van der Waals surface area contributed by atoms with E-state index in [-0.39, 0.29) is 5.97 Å². The minimum atomic E-state index is -0.375. The molecule has 0 aliphatic heterocycles. The number of carbonyl (C=O) groups is 1. The molecule has 0 amide bonds. The molecule has 0 saturated carbocycles. The highest BCUT2D eigenvalue weighted by atomic mass is 35.5. The van der Waals surface area contributed by atoms with E-state index in [1.54, 1.807) is 18.2 Å². The van der Waals surface area contributed by atoms with Crippen LogP contribution in [0.3, 0.4) is 0 Å². The Morgan fingerprint density at radius 2 is 1.89 bits per heavy atom. The second-order valence-corrected chi connectivity index (χ2v) is 4.52. The van der Waals surface area contributed by atoms with E-state index < -0.39 is 0 Å². The van der Waals surface area contributed by atoms with Crippen molar-refractivity contribution < 1.29 is 9.53 Å². The van der Waals surface area contributed by atoms with Gasteiger partial charge in [0, 0.05) is 11.6 Å². The summed E-state index contributed by atoms with van der Waals surface area (Å²) in [7, 11) is 1.36. The van der Waals surface area contributed by atoms with Gasteiger partial charge in [-0.05, 0) is 34.9 Å². The second-order valence-electron chi connectivity index (χ2n) is 4.08. The molecule has 0 unspecified atom stereocenters. The van der Waals surface area contributed by atoms with Gasteiger partial charge in [-0.3, -0.25) is 0 Å². The molecule has 2 aromatic carbocycles. The minimum Gasteiger partial charge on any atom is -0.465 e. The van der Waals surface area contributed by atoms with Crippen molar-refractivity contribution in [3.05, 3.63) is 58.6 Å². The van der Waals surface area contributed by atoms with Crippen molar-refractivity contribution in [1.29, 1.82) is 0 Å². The number of esters is 1. The Kier molecular flexibility index (Phi) is 4.20. The lowest BCUT2D eigenvalue weighted by Gasteiger charge is -2.10. The summed E-state index contributed by atoms with van der Waals surface area (Å²) in [5, 5.41) is 0.655. The normalized spacial score (nSPS) is 10.3. The first-order chi connectivity index (χ1) is 9.15. The number of rotatable bonds is 3. The third-order valence-corrected chi connectivity index (χ3v) is 3.13. The van der Waals surface area contributed by atoms with Crippen molar-refractivity contribution in [3.8, 4) is 11.1 Å². The van der Waals surface area contributed by atoms with Crippen LogP contribution < -0.4 is 5.73 Å². The number of ether oxygens (including phenoxy) is 1. The lowest BCUT2D eigenvalue weighted by atomic mass is 9.97. The first-order valence-corrected chi connectivity index (χ1v) is 6.20. The lowest BCUT2D eigenvalue weighted by Crippen LogP contribution is -2.06. The van der Waals surface area contributed by atoms with E-state index in [0.717, 1.165) is 16.7 Å². The molecule has 0 saturated heterocycles. The topological polar surface area (TPSA) is 52.3 Å². The highest BCUT2D eigenvalue weighted by Gasteiger charge is 2.13. The number of methoxy groups -OCH3 is 1. The standard InChI is InChI=1S/C15H14ClNO2/c1-19-15(18)14-8-10(9-17)2-7-13(14)11-3-5-12(16)6-4-11/h2-8H,9,17H2,1H3. The third kappa shape index (κ3) is 2.95. The molecule has 0 heterocycles. The van der Waals surface area contributed by atoms with Crippen molar-refractivity contribution in [2.75, 3.05) is 7.11 Å². The molecule has 2 N–H and O–H groups in total. The smallest absolute Gasteiger partial charge is 0.338 e. The Bertz CT molecular complexity index is 594. The minimum absolute atomic E-state index is 0.375. The third-order valence-electron chi connectivity index (χ3n) is 2.88. The molecule has 19 heavy (non-hydrogen) atoms. The molecule has 2 rings (SSSR count). The summed E-state index contributed by atoms with van der Waals surface area (Å²) >= 11 is 5.87. The van der Waals surface area contributed by atoms with Crippen molar-refractivity contribution in [1.82, 2.24) is 0 Å². The Labute approximate surface area is 117 Å². The summed E-state index contributed by atoms with van der Waals surface area (Å²) in [6.45, 7) is 0.380. The van der Waals surface area contributed by atoms with E-state index in [4.69, 9.17) is 22.1 Å². The van der Waals surface area contributed by atoms with Crippen LogP contribution >= 0.6 is 11.6 Å². The van der Waals surface area contributed by atoms with E-state index in [1.165, 1.54) is 7.11 Å². The molecule has 0 fully saturated rings. The zero-order chi connectivity index (χ0) is 13.8. The Balaban J connectivity index is 2.55. The number of carbonyl (C=O) groups excluding carboxylic acids is 1. The first-order valence-electron chi connectivity index (χ1n) is 5.83. The molecule has 0 bridgehead atoms. The maximum absolute atomic E-state index is 11.9. The summed E-state index contributed by atoms with van der Waals surface area (Å²) in [5.74, 6) is -0.375. The van der Waals surface area contributed by atoms with Crippen molar-refractivity contribution in [2.24, 2.45) is 5.73 Å². The number of halogens is 1. The Morgan fingerprint density at radius 1 is 1.21 bits per heavy atom. The molecule has 0 atom stereocenters. The first kappa shape index (κ1) is 13.6. The van der Waals surface area contributed by atoms with Crippen LogP contribution in [0.15, 0.2) is 42.5 Å². The number of hydrogen-bond donors (Lipinski definition) is 1. The summed E-state index contributed by atoms with van der Waals surface area (Å²) in [6, 6.07) is 12.8. The molecule has 98 valence electrons. The van der Waals surface area contributed by atoms with Gasteiger partial charge in [-0.1, -0.05) is 35.9 Å². The average molecular weight is 276 g/mol. The fourth-order valence-electron chi connectivity index (χ4n) is 1.88. The van der Waals surface area contributed by atoms with Gasteiger partial charge in [0.05, 0.1) is 12.7 Å². The lowest BCUT2D eigenvalue weighted by molar-refractivity contribution is 0.0601. The van der Waals surface area contributed by atoms with Crippen LogP contribution in [-0.2, 0) is 11.3 Å². The van der Waals surface area contributed by atoms with Crippen LogP contribution in [0.2, 0.25) is 5.02 Å². The quantitative estimate of drug-likeness (QED) is 0.875. The Morgan fingerprint density at radius 3 is 2.47 bits per heavy atom. The number of benzene rings is 2. The van der Waals surface area contributed by atoms with Gasteiger partial charge in [0.25, 0.3) is 0 Å². The molecule has 0 aliphatic rings. The van der Waals surface area contributed by atoms with Gasteiger partial charge in [0.2, 0.25) is 0 Å². The van der Waals surface area contributed by atoms with Gasteiger partial charge in [0.15, 0.2) is 0 Å². The largest absolute Gasteiger partial charge is 0.465 e. The van der Waals surface area contributed by atoms with Gasteiger partial charge in [-0.25, -0.2) is 4.79 Å². The molecule has 3 nitrogen and oxygen atoms in total. The second kappa shape index (κ2) is 5.87. The van der Waals surface area contributed by atoms with Crippen LogP contribution in [0, 0.1) is 0 Å². The Hall–Kier alpha value is -1.84. The van der Waals surface area contributed by atoms with Gasteiger partial charge < -0.3 is 10.5 Å². The van der Waals surface area contributed by atoms with E-state index in [1.807, 2.05) is 24.3 Å². The van der Waals surface area contributed by atoms with Gasteiger partial charge in [-0.2, -0.15) is 0 Å². The fourth-order valence-corrected chi connectivity index (χ4v) is 2.00. The zero-order valence-electron chi connectivity index (χ0n) is 10.5. The van der Waals surface area contributed by atoms with Crippen LogP contribution in [0.4, 0.5) is 0 Å². The maximum atomic E-state index is 11.9. The van der Waals surface area contributed by atoms with Gasteiger partial charge in [0.1, 0.15) is 0 Å². The summed E-state index contributed by atoms with van der Waals surface area (Å²) in [5.41, 5.74) is 8.71. The molecular formula is C15H14ClNO2. The molecule has 0 radical (unpaired) electrons. The van der Waals surface area contributed by atoms with E-state index in [9.17, 15) is 4.79 Å². The fraction of sp³-hybridized carbons (Fsp3) is 0.133. The van der Waals surface area contributed by atoms with Crippen LogP contribution in [0.1, 0.15) is 15.9 Å². The van der Waals surface area contributed by atoms with Crippen molar-refractivity contribution in [2.45, 2.75) is 6.54 Å². The van der Waals surface area contributed by atoms with Crippen LogP contribution in [0.25, 0.3) is 11.1 Å². The average Bonchev–Trinajstić information content (AvgIpc) is 2.46. The molecule has 2 aromatic rings. The highest BCUT2D eigenvalue weighted by molar-refractivity contribution is 6.30.